The van der Waals surface area contributed by atoms with Crippen LogP contribution in [0, 0.1) is 0 Å². The molecule has 0 fully saturated rings. The standard InChI is InChI=1S/C7H17N2O2S/c1-3-4-5-6-7-9(2)12(8,10)11/h8H,3-7H2,1-2H3. The van der Waals surface area contributed by atoms with E-state index in [-0.39, 0.29) is 0 Å². The van der Waals surface area contributed by atoms with E-state index in [1.54, 1.807) is 0 Å². The molecule has 0 aromatic heterocycles. The Labute approximate surface area is 74.9 Å². The van der Waals surface area contributed by atoms with Gasteiger partial charge in [-0.15, -0.1) is 5.14 Å². The van der Waals surface area contributed by atoms with E-state index in [4.69, 9.17) is 5.14 Å². The number of hydrogen-bond acceptors (Lipinski definition) is 2. The molecule has 0 saturated heterocycles. The molecule has 0 atom stereocenters. The number of unbranched alkanes of at least 4 members (excludes halogenated alkanes) is 3. The van der Waals surface area contributed by atoms with Gasteiger partial charge in [0.2, 0.25) is 0 Å². The van der Waals surface area contributed by atoms with E-state index in [1.807, 2.05) is 0 Å². The van der Waals surface area contributed by atoms with Crippen LogP contribution >= 0.6 is 0 Å². The first kappa shape index (κ1) is 11.9. The summed E-state index contributed by atoms with van der Waals surface area (Å²) in [5.41, 5.74) is 0. The first-order chi connectivity index (χ1) is 5.48. The minimum Gasteiger partial charge on any atom is -0.194 e. The molecule has 4 nitrogen and oxygen atoms in total. The molecule has 0 aliphatic carbocycles. The number of hydrogen-bond donors (Lipinski definition) is 0. The lowest BCUT2D eigenvalue weighted by molar-refractivity contribution is 0.451. The average molecular weight is 193 g/mol. The van der Waals surface area contributed by atoms with Crippen molar-refractivity contribution in [3.8, 4) is 0 Å². The largest absolute Gasteiger partial charge is 0.292 e. The maximum Gasteiger partial charge on any atom is 0.292 e. The maximum atomic E-state index is 10.6. The van der Waals surface area contributed by atoms with Gasteiger partial charge < -0.3 is 0 Å². The van der Waals surface area contributed by atoms with E-state index in [0.717, 1.165) is 30.0 Å². The van der Waals surface area contributed by atoms with Gasteiger partial charge in [0.05, 0.1) is 0 Å². The van der Waals surface area contributed by atoms with Crippen LogP contribution < -0.4 is 5.14 Å². The van der Waals surface area contributed by atoms with Crippen LogP contribution in [0.4, 0.5) is 0 Å². The Bertz CT molecular complexity index is 201. The predicted molar refractivity (Wildman–Crippen MR) is 48.8 cm³/mol. The van der Waals surface area contributed by atoms with Crippen LogP contribution in [0.2, 0.25) is 0 Å². The normalized spacial score (nSPS) is 12.3. The van der Waals surface area contributed by atoms with Crippen molar-refractivity contribution in [2.24, 2.45) is 0 Å². The third kappa shape index (κ3) is 5.51. The summed E-state index contributed by atoms with van der Waals surface area (Å²) >= 11 is 0. The lowest BCUT2D eigenvalue weighted by Crippen LogP contribution is -2.28. The van der Waals surface area contributed by atoms with E-state index >= 15 is 0 Å². The molecule has 5 heteroatoms. The molecule has 0 aromatic carbocycles. The zero-order chi connectivity index (χ0) is 9.61. The fraction of sp³-hybridized carbons (Fsp3) is 1.00. The first-order valence-electron chi connectivity index (χ1n) is 4.19. The molecular formula is C7H17N2O2S. The van der Waals surface area contributed by atoms with E-state index < -0.39 is 10.2 Å². The van der Waals surface area contributed by atoms with Crippen LogP contribution in [0.15, 0.2) is 0 Å². The van der Waals surface area contributed by atoms with Gasteiger partial charge in [0.25, 0.3) is 10.2 Å². The van der Waals surface area contributed by atoms with E-state index in [2.05, 4.69) is 6.92 Å². The van der Waals surface area contributed by atoms with E-state index in [0.29, 0.717) is 6.54 Å². The number of nitrogens with zero attached hydrogens (tertiary/aromatic N) is 1. The van der Waals surface area contributed by atoms with E-state index in [9.17, 15) is 8.42 Å². The number of rotatable bonds is 6. The summed E-state index contributed by atoms with van der Waals surface area (Å²) in [5.74, 6) is 0. The molecule has 1 radical (unpaired) electrons. The summed E-state index contributed by atoms with van der Waals surface area (Å²) in [6.07, 6.45) is 4.15. The zero-order valence-electron chi connectivity index (χ0n) is 7.71. The molecule has 0 heterocycles. The molecule has 0 bridgehead atoms. The minimum absolute atomic E-state index is 0.464. The van der Waals surface area contributed by atoms with Crippen LogP contribution in [-0.2, 0) is 10.2 Å². The fourth-order valence-corrected chi connectivity index (χ4v) is 1.25. The fourth-order valence-electron chi connectivity index (χ4n) is 0.881. The Morgan fingerprint density at radius 1 is 1.25 bits per heavy atom. The lowest BCUT2D eigenvalue weighted by atomic mass is 10.2. The third-order valence-corrected chi connectivity index (χ3v) is 2.74. The molecule has 12 heavy (non-hydrogen) atoms. The molecule has 0 spiro atoms. The monoisotopic (exact) mass is 193 g/mol. The van der Waals surface area contributed by atoms with Crippen molar-refractivity contribution in [3.63, 3.8) is 0 Å². The highest BCUT2D eigenvalue weighted by atomic mass is 32.2. The highest BCUT2D eigenvalue weighted by Gasteiger charge is 2.10. The Kier molecular flexibility index (Phi) is 5.44. The van der Waals surface area contributed by atoms with Crippen LogP contribution in [0.1, 0.15) is 32.6 Å². The van der Waals surface area contributed by atoms with Crippen molar-refractivity contribution in [3.05, 3.63) is 0 Å². The van der Waals surface area contributed by atoms with Crippen molar-refractivity contribution in [1.29, 1.82) is 0 Å². The molecule has 0 amide bonds. The van der Waals surface area contributed by atoms with Crippen LogP contribution in [0.5, 0.6) is 0 Å². The van der Waals surface area contributed by atoms with Crippen LogP contribution in [0.3, 0.4) is 0 Å². The van der Waals surface area contributed by atoms with Gasteiger partial charge in [0, 0.05) is 13.6 Å². The number of nitrogens with one attached hydrogen (secondary N) is 1. The Hall–Kier alpha value is -0.130. The third-order valence-electron chi connectivity index (χ3n) is 1.74. The van der Waals surface area contributed by atoms with Gasteiger partial charge in [-0.1, -0.05) is 26.2 Å². The molecule has 0 aliphatic rings. The zero-order valence-corrected chi connectivity index (χ0v) is 8.52. The smallest absolute Gasteiger partial charge is 0.194 e. The van der Waals surface area contributed by atoms with Crippen molar-refractivity contribution in [2.45, 2.75) is 32.6 Å². The Balaban J connectivity index is 3.52. The van der Waals surface area contributed by atoms with Gasteiger partial charge in [-0.05, 0) is 6.42 Å². The molecule has 73 valence electrons. The summed E-state index contributed by atoms with van der Waals surface area (Å²) in [6, 6.07) is 0. The molecule has 0 aromatic rings. The van der Waals surface area contributed by atoms with Gasteiger partial charge in [0.1, 0.15) is 0 Å². The van der Waals surface area contributed by atoms with Crippen molar-refractivity contribution >= 4 is 10.2 Å². The second kappa shape index (κ2) is 5.50. The summed E-state index contributed by atoms with van der Waals surface area (Å²) in [5, 5.41) is 6.72. The van der Waals surface area contributed by atoms with Crippen molar-refractivity contribution in [2.75, 3.05) is 13.6 Å². The Morgan fingerprint density at radius 3 is 2.25 bits per heavy atom. The summed E-state index contributed by atoms with van der Waals surface area (Å²) in [7, 11) is -2.27. The average Bonchev–Trinajstić information content (AvgIpc) is 1.96. The quantitative estimate of drug-likeness (QED) is 0.591. The molecule has 0 saturated carbocycles. The van der Waals surface area contributed by atoms with Crippen molar-refractivity contribution in [1.82, 2.24) is 9.44 Å². The molecule has 0 unspecified atom stereocenters. The van der Waals surface area contributed by atoms with Crippen LogP contribution in [-0.4, -0.2) is 26.3 Å². The predicted octanol–water partition coefficient (Wildman–Crippen LogP) is 1.03. The SMILES string of the molecule is CCCCCCN(C)S([NH])(=O)=O. The summed E-state index contributed by atoms with van der Waals surface area (Å²) in [4.78, 5) is 0. The molecular weight excluding hydrogens is 176 g/mol. The highest BCUT2D eigenvalue weighted by Crippen LogP contribution is 2.01. The lowest BCUT2D eigenvalue weighted by Gasteiger charge is -2.11. The van der Waals surface area contributed by atoms with E-state index in [1.165, 1.54) is 7.05 Å². The van der Waals surface area contributed by atoms with Gasteiger partial charge >= 0.3 is 0 Å². The van der Waals surface area contributed by atoms with Gasteiger partial charge in [-0.2, -0.15) is 12.7 Å². The van der Waals surface area contributed by atoms with Gasteiger partial charge in [0.15, 0.2) is 0 Å². The second-order valence-corrected chi connectivity index (χ2v) is 4.46. The summed E-state index contributed by atoms with van der Waals surface area (Å²) < 4.78 is 22.2. The molecule has 0 rings (SSSR count). The maximum absolute atomic E-state index is 10.6. The van der Waals surface area contributed by atoms with Gasteiger partial charge in [-0.3, -0.25) is 0 Å². The summed E-state index contributed by atoms with van der Waals surface area (Å²) in [6.45, 7) is 2.57. The first-order valence-corrected chi connectivity index (χ1v) is 5.63. The van der Waals surface area contributed by atoms with Gasteiger partial charge in [-0.25, -0.2) is 0 Å². The van der Waals surface area contributed by atoms with Crippen molar-refractivity contribution < 1.29 is 8.42 Å². The highest BCUT2D eigenvalue weighted by molar-refractivity contribution is 7.86. The molecule has 1 N–H and O–H groups in total. The second-order valence-electron chi connectivity index (χ2n) is 2.89. The topological polar surface area (TPSA) is 61.2 Å². The molecule has 0 aliphatic heterocycles. The van der Waals surface area contributed by atoms with Crippen LogP contribution in [0.25, 0.3) is 0 Å². The Morgan fingerprint density at radius 2 is 1.83 bits per heavy atom. The minimum atomic E-state index is -3.71.